The number of nitrogens with two attached hydrogens (primary N) is 1. The molecule has 2 nitrogen and oxygen atoms in total. The fraction of sp³-hybridized carbons (Fsp3) is 1.00. The minimum Gasteiger partial charge on any atom is -0.396 e. The van der Waals surface area contributed by atoms with Gasteiger partial charge in [-0.15, -0.1) is 0 Å². The fourth-order valence-electron chi connectivity index (χ4n) is 3.64. The van der Waals surface area contributed by atoms with Gasteiger partial charge in [0.25, 0.3) is 0 Å². The van der Waals surface area contributed by atoms with Crippen LogP contribution in [0, 0.1) is 5.92 Å². The Balaban J connectivity index is 3.24. The maximum atomic E-state index is 9.07. The Hall–Kier alpha value is -0.0800. The highest BCUT2D eigenvalue weighted by atomic mass is 16.3. The average molecular weight is 356 g/mol. The molecule has 0 rings (SSSR count). The van der Waals surface area contributed by atoms with Crippen molar-refractivity contribution in [3.63, 3.8) is 0 Å². The minimum atomic E-state index is -0.204. The predicted molar refractivity (Wildman–Crippen MR) is 113 cm³/mol. The minimum absolute atomic E-state index is 0.204. The second-order valence-electron chi connectivity index (χ2n) is 8.62. The normalized spacial score (nSPS) is 15.2. The number of aliphatic hydroxyl groups excluding tert-OH is 1. The van der Waals surface area contributed by atoms with Crippen LogP contribution < -0.4 is 5.73 Å². The van der Waals surface area contributed by atoms with Gasteiger partial charge in [-0.3, -0.25) is 0 Å². The van der Waals surface area contributed by atoms with Gasteiger partial charge in [0.05, 0.1) is 0 Å². The van der Waals surface area contributed by atoms with Crippen molar-refractivity contribution in [3.8, 4) is 0 Å². The molecule has 0 aromatic heterocycles. The molecule has 0 spiro atoms. The van der Waals surface area contributed by atoms with Crippen LogP contribution in [0.3, 0.4) is 0 Å². The Morgan fingerprint density at radius 1 is 0.720 bits per heavy atom. The first-order valence-corrected chi connectivity index (χ1v) is 11.4. The molecule has 0 heterocycles. The van der Waals surface area contributed by atoms with Gasteiger partial charge >= 0.3 is 0 Å². The summed E-state index contributed by atoms with van der Waals surface area (Å²) < 4.78 is 0. The summed E-state index contributed by atoms with van der Waals surface area (Å²) >= 11 is 0. The third kappa shape index (κ3) is 15.9. The van der Waals surface area contributed by atoms with Crippen molar-refractivity contribution in [1.82, 2.24) is 0 Å². The lowest BCUT2D eigenvalue weighted by Crippen LogP contribution is -2.43. The Bertz CT molecular complexity index is 265. The molecule has 0 radical (unpaired) electrons. The largest absolute Gasteiger partial charge is 0.396 e. The van der Waals surface area contributed by atoms with Crippen molar-refractivity contribution in [2.45, 2.75) is 135 Å². The van der Waals surface area contributed by atoms with Crippen LogP contribution in [0.25, 0.3) is 0 Å². The van der Waals surface area contributed by atoms with Gasteiger partial charge in [-0.05, 0) is 25.7 Å². The maximum absolute atomic E-state index is 9.07. The smallest absolute Gasteiger partial charge is 0.0448 e. The molecule has 0 aliphatic rings. The molecule has 3 N–H and O–H groups in total. The molecular formula is C23H49NO. The highest BCUT2D eigenvalue weighted by molar-refractivity contribution is 4.83. The van der Waals surface area contributed by atoms with E-state index in [1.807, 2.05) is 0 Å². The van der Waals surface area contributed by atoms with Crippen LogP contribution in [-0.2, 0) is 0 Å². The highest BCUT2D eigenvalue weighted by Gasteiger charge is 2.24. The van der Waals surface area contributed by atoms with E-state index in [4.69, 9.17) is 10.8 Å². The molecule has 2 heteroatoms. The van der Waals surface area contributed by atoms with Crippen molar-refractivity contribution in [1.29, 1.82) is 0 Å². The van der Waals surface area contributed by atoms with E-state index in [-0.39, 0.29) is 12.1 Å². The van der Waals surface area contributed by atoms with E-state index in [9.17, 15) is 0 Å². The summed E-state index contributed by atoms with van der Waals surface area (Å²) in [5.74, 6) is 0.502. The lowest BCUT2D eigenvalue weighted by molar-refractivity contribution is 0.200. The molecule has 0 aliphatic heterocycles. The molecule has 152 valence electrons. The van der Waals surface area contributed by atoms with E-state index < -0.39 is 0 Å². The monoisotopic (exact) mass is 355 g/mol. The lowest BCUT2D eigenvalue weighted by Gasteiger charge is -2.31. The van der Waals surface area contributed by atoms with Gasteiger partial charge in [-0.1, -0.05) is 110 Å². The van der Waals surface area contributed by atoms with Crippen molar-refractivity contribution in [3.05, 3.63) is 0 Å². The van der Waals surface area contributed by atoms with Gasteiger partial charge in [0.2, 0.25) is 0 Å². The molecule has 0 saturated carbocycles. The zero-order chi connectivity index (χ0) is 18.8. The molecular weight excluding hydrogens is 306 g/mol. The first kappa shape index (κ1) is 24.9. The molecule has 0 amide bonds. The van der Waals surface area contributed by atoms with E-state index >= 15 is 0 Å². The fourth-order valence-corrected chi connectivity index (χ4v) is 3.64. The quantitative estimate of drug-likeness (QED) is 0.245. The van der Waals surface area contributed by atoms with Crippen LogP contribution >= 0.6 is 0 Å². The van der Waals surface area contributed by atoms with E-state index in [1.54, 1.807) is 0 Å². The number of aliphatic hydroxyl groups is 1. The summed E-state index contributed by atoms with van der Waals surface area (Å²) in [4.78, 5) is 0. The second-order valence-corrected chi connectivity index (χ2v) is 8.62. The third-order valence-corrected chi connectivity index (χ3v) is 6.02. The van der Waals surface area contributed by atoms with Crippen LogP contribution in [-0.4, -0.2) is 17.3 Å². The molecule has 0 fully saturated rings. The van der Waals surface area contributed by atoms with Gasteiger partial charge < -0.3 is 10.8 Å². The summed E-state index contributed by atoms with van der Waals surface area (Å²) in [7, 11) is 0. The second kappa shape index (κ2) is 17.3. The van der Waals surface area contributed by atoms with Crippen molar-refractivity contribution >= 4 is 0 Å². The van der Waals surface area contributed by atoms with Gasteiger partial charge in [0.1, 0.15) is 0 Å². The van der Waals surface area contributed by atoms with E-state index in [0.29, 0.717) is 12.3 Å². The summed E-state index contributed by atoms with van der Waals surface area (Å²) in [6, 6.07) is 0. The number of hydrogen-bond donors (Lipinski definition) is 2. The van der Waals surface area contributed by atoms with E-state index in [1.165, 1.54) is 103 Å². The van der Waals surface area contributed by atoms with Gasteiger partial charge in [0.15, 0.2) is 0 Å². The summed E-state index contributed by atoms with van der Waals surface area (Å²) in [6.07, 6.45) is 23.1. The average Bonchev–Trinajstić information content (AvgIpc) is 2.58. The molecule has 2 unspecified atom stereocenters. The van der Waals surface area contributed by atoms with E-state index in [2.05, 4.69) is 20.8 Å². The lowest BCUT2D eigenvalue weighted by atomic mass is 9.82. The number of unbranched alkanes of at least 4 members (excludes halogenated alkanes) is 14. The van der Waals surface area contributed by atoms with Crippen LogP contribution in [0.4, 0.5) is 0 Å². The molecule has 0 aromatic rings. The van der Waals surface area contributed by atoms with Crippen LogP contribution in [0.2, 0.25) is 0 Å². The maximum Gasteiger partial charge on any atom is 0.0448 e. The molecule has 0 saturated heterocycles. The third-order valence-electron chi connectivity index (χ3n) is 6.02. The summed E-state index contributed by atoms with van der Waals surface area (Å²) in [5.41, 5.74) is 6.07. The molecule has 2 atom stereocenters. The zero-order valence-corrected chi connectivity index (χ0v) is 17.8. The van der Waals surface area contributed by atoms with Gasteiger partial charge in [0, 0.05) is 12.1 Å². The Morgan fingerprint density at radius 3 is 1.44 bits per heavy atom. The number of hydrogen-bond acceptors (Lipinski definition) is 2. The SMILES string of the molecule is CCCCCCCCCCCCCCCCCC(C)C(C)(N)CCO. The van der Waals surface area contributed by atoms with Crippen molar-refractivity contribution in [2.24, 2.45) is 11.7 Å². The highest BCUT2D eigenvalue weighted by Crippen LogP contribution is 2.23. The van der Waals surface area contributed by atoms with E-state index in [0.717, 1.165) is 0 Å². The van der Waals surface area contributed by atoms with Crippen molar-refractivity contribution in [2.75, 3.05) is 6.61 Å². The number of rotatable bonds is 19. The predicted octanol–water partition coefficient (Wildman–Crippen LogP) is 6.98. The zero-order valence-electron chi connectivity index (χ0n) is 17.8. The molecule has 0 aromatic carbocycles. The van der Waals surface area contributed by atoms with Gasteiger partial charge in [-0.25, -0.2) is 0 Å². The first-order valence-electron chi connectivity index (χ1n) is 11.4. The van der Waals surface area contributed by atoms with Crippen molar-refractivity contribution < 1.29 is 5.11 Å². The summed E-state index contributed by atoms with van der Waals surface area (Å²) in [5, 5.41) is 9.07. The molecule has 25 heavy (non-hydrogen) atoms. The van der Waals surface area contributed by atoms with Crippen LogP contribution in [0.5, 0.6) is 0 Å². The Kier molecular flexibility index (Phi) is 17.3. The molecule has 0 aliphatic carbocycles. The standard InChI is InChI=1S/C23H49NO/c1-4-5-6-7-8-9-10-11-12-13-14-15-16-17-18-19-22(2)23(3,24)20-21-25/h22,25H,4-21,24H2,1-3H3. The van der Waals surface area contributed by atoms with Crippen LogP contribution in [0.1, 0.15) is 130 Å². The molecule has 0 bridgehead atoms. The first-order chi connectivity index (χ1) is 12.0. The topological polar surface area (TPSA) is 46.2 Å². The Morgan fingerprint density at radius 2 is 1.08 bits per heavy atom. The van der Waals surface area contributed by atoms with Gasteiger partial charge in [-0.2, -0.15) is 0 Å². The van der Waals surface area contributed by atoms with Crippen LogP contribution in [0.15, 0.2) is 0 Å². The Labute approximate surface area is 159 Å². The summed E-state index contributed by atoms with van der Waals surface area (Å²) in [6.45, 7) is 6.81.